The Labute approximate surface area is 125 Å². The Morgan fingerprint density at radius 3 is 2.62 bits per heavy atom. The zero-order chi connectivity index (χ0) is 15.5. The average molecular weight is 315 g/mol. The summed E-state index contributed by atoms with van der Waals surface area (Å²) in [6.45, 7) is 4.60. The van der Waals surface area contributed by atoms with Crippen molar-refractivity contribution in [1.29, 1.82) is 0 Å². The van der Waals surface area contributed by atoms with Crippen molar-refractivity contribution in [3.8, 4) is 0 Å². The second-order valence-electron chi connectivity index (χ2n) is 5.48. The van der Waals surface area contributed by atoms with E-state index in [1.165, 1.54) is 18.2 Å². The molecule has 0 spiro atoms. The molecule has 1 atom stereocenters. The van der Waals surface area contributed by atoms with E-state index >= 15 is 0 Å². The summed E-state index contributed by atoms with van der Waals surface area (Å²) in [6.07, 6.45) is 2.89. The lowest BCUT2D eigenvalue weighted by Crippen LogP contribution is -2.48. The first-order valence-electron chi connectivity index (χ1n) is 7.33. The van der Waals surface area contributed by atoms with Gasteiger partial charge in [0, 0.05) is 12.6 Å². The first kappa shape index (κ1) is 16.4. The van der Waals surface area contributed by atoms with Crippen molar-refractivity contribution >= 4 is 10.0 Å². The molecule has 1 unspecified atom stereocenters. The minimum absolute atomic E-state index is 0.219. The Morgan fingerprint density at radius 1 is 1.33 bits per heavy atom. The van der Waals surface area contributed by atoms with Crippen molar-refractivity contribution in [3.63, 3.8) is 0 Å². The van der Waals surface area contributed by atoms with E-state index in [2.05, 4.69) is 4.72 Å². The highest BCUT2D eigenvalue weighted by molar-refractivity contribution is 7.89. The van der Waals surface area contributed by atoms with Gasteiger partial charge in [0.1, 0.15) is 10.7 Å². The van der Waals surface area contributed by atoms with Crippen LogP contribution < -0.4 is 4.72 Å². The minimum atomic E-state index is -3.84. The Morgan fingerprint density at radius 2 is 2.00 bits per heavy atom. The second kappa shape index (κ2) is 6.42. The van der Waals surface area contributed by atoms with Gasteiger partial charge in [-0.3, -0.25) is 0 Å². The molecular weight excluding hydrogens is 293 g/mol. The molecule has 4 nitrogen and oxygen atoms in total. The van der Waals surface area contributed by atoms with Crippen LogP contribution in [0.4, 0.5) is 4.39 Å². The van der Waals surface area contributed by atoms with E-state index in [1.807, 2.05) is 13.8 Å². The van der Waals surface area contributed by atoms with Crippen LogP contribution in [0.5, 0.6) is 0 Å². The summed E-state index contributed by atoms with van der Waals surface area (Å²) in [4.78, 5) is -0.296. The van der Waals surface area contributed by atoms with E-state index < -0.39 is 15.8 Å². The molecule has 0 bridgehead atoms. The normalized spacial score (nSPS) is 22.1. The van der Waals surface area contributed by atoms with Crippen molar-refractivity contribution in [1.82, 2.24) is 4.72 Å². The van der Waals surface area contributed by atoms with Crippen LogP contribution in [0.25, 0.3) is 0 Å². The molecule has 1 aliphatic heterocycles. The largest absolute Gasteiger partial charge is 0.375 e. The Bertz CT molecular complexity index is 584. The Hall–Kier alpha value is -0.980. The van der Waals surface area contributed by atoms with Crippen LogP contribution in [0.2, 0.25) is 0 Å². The number of hydrogen-bond donors (Lipinski definition) is 1. The Balaban J connectivity index is 2.16. The van der Waals surface area contributed by atoms with Crippen LogP contribution in [0.1, 0.15) is 39.5 Å². The molecule has 2 rings (SSSR count). The number of ether oxygens (including phenoxy) is 1. The molecule has 0 saturated carbocycles. The van der Waals surface area contributed by atoms with E-state index in [0.717, 1.165) is 18.9 Å². The fourth-order valence-electron chi connectivity index (χ4n) is 2.82. The summed E-state index contributed by atoms with van der Waals surface area (Å²) in [5, 5.41) is 0. The molecule has 0 aromatic heterocycles. The molecule has 0 amide bonds. The van der Waals surface area contributed by atoms with Gasteiger partial charge in [-0.05, 0) is 37.8 Å². The fraction of sp³-hybridized carbons (Fsp3) is 0.600. The van der Waals surface area contributed by atoms with Crippen molar-refractivity contribution in [2.75, 3.05) is 6.61 Å². The molecule has 1 N–H and O–H groups in total. The molecule has 0 radical (unpaired) electrons. The summed E-state index contributed by atoms with van der Waals surface area (Å²) in [5.74, 6) is -0.727. The standard InChI is InChI=1S/C15H22FNO3S/c1-3-15(4-2)11-12(9-10-20-15)17-21(18,19)14-8-6-5-7-13(14)16/h5-8,12,17H,3-4,9-11H2,1-2H3. The highest BCUT2D eigenvalue weighted by atomic mass is 32.2. The first-order chi connectivity index (χ1) is 9.92. The number of rotatable bonds is 5. The predicted molar refractivity (Wildman–Crippen MR) is 79.0 cm³/mol. The van der Waals surface area contributed by atoms with Gasteiger partial charge in [0.2, 0.25) is 10.0 Å². The lowest BCUT2D eigenvalue weighted by atomic mass is 9.86. The van der Waals surface area contributed by atoms with Crippen molar-refractivity contribution in [2.45, 2.75) is 56.1 Å². The summed E-state index contributed by atoms with van der Waals surface area (Å²) < 4.78 is 46.8. The molecule has 21 heavy (non-hydrogen) atoms. The quantitative estimate of drug-likeness (QED) is 0.909. The number of sulfonamides is 1. The Kier molecular flexibility index (Phi) is 5.01. The van der Waals surface area contributed by atoms with Crippen LogP contribution >= 0.6 is 0 Å². The molecule has 6 heteroatoms. The van der Waals surface area contributed by atoms with Gasteiger partial charge in [-0.2, -0.15) is 0 Å². The highest BCUT2D eigenvalue weighted by Gasteiger charge is 2.36. The minimum Gasteiger partial charge on any atom is -0.375 e. The lowest BCUT2D eigenvalue weighted by Gasteiger charge is -2.40. The highest BCUT2D eigenvalue weighted by Crippen LogP contribution is 2.32. The van der Waals surface area contributed by atoms with Crippen molar-refractivity contribution in [2.24, 2.45) is 0 Å². The first-order valence-corrected chi connectivity index (χ1v) is 8.81. The zero-order valence-corrected chi connectivity index (χ0v) is 13.2. The van der Waals surface area contributed by atoms with E-state index in [-0.39, 0.29) is 16.5 Å². The molecule has 118 valence electrons. The lowest BCUT2D eigenvalue weighted by molar-refractivity contribution is -0.0905. The predicted octanol–water partition coefficient (Wildman–Crippen LogP) is 2.84. The summed E-state index contributed by atoms with van der Waals surface area (Å²) in [7, 11) is -3.84. The van der Waals surface area contributed by atoms with E-state index in [4.69, 9.17) is 4.74 Å². The SMILES string of the molecule is CCC1(CC)CC(NS(=O)(=O)c2ccccc2F)CCO1. The van der Waals surface area contributed by atoms with Crippen molar-refractivity contribution in [3.05, 3.63) is 30.1 Å². The third-order valence-corrected chi connectivity index (χ3v) is 5.78. The van der Waals surface area contributed by atoms with Gasteiger partial charge in [0.25, 0.3) is 0 Å². The summed E-state index contributed by atoms with van der Waals surface area (Å²) >= 11 is 0. The van der Waals surface area contributed by atoms with Crippen LogP contribution in [0.3, 0.4) is 0 Å². The number of nitrogens with one attached hydrogen (secondary N) is 1. The van der Waals surface area contributed by atoms with Crippen molar-refractivity contribution < 1.29 is 17.5 Å². The maximum Gasteiger partial charge on any atom is 0.243 e. The number of hydrogen-bond acceptors (Lipinski definition) is 3. The molecule has 0 aliphatic carbocycles. The third kappa shape index (κ3) is 3.62. The molecule has 1 fully saturated rings. The van der Waals surface area contributed by atoms with Crippen LogP contribution in [-0.2, 0) is 14.8 Å². The van der Waals surface area contributed by atoms with Gasteiger partial charge in [-0.25, -0.2) is 17.5 Å². The van der Waals surface area contributed by atoms with Crippen LogP contribution in [0.15, 0.2) is 29.2 Å². The summed E-state index contributed by atoms with van der Waals surface area (Å²) in [6, 6.07) is 5.21. The maximum absolute atomic E-state index is 13.7. The number of benzene rings is 1. The topological polar surface area (TPSA) is 55.4 Å². The molecule has 1 aromatic carbocycles. The summed E-state index contributed by atoms with van der Waals surface area (Å²) in [5.41, 5.74) is -0.277. The second-order valence-corrected chi connectivity index (χ2v) is 7.16. The van der Waals surface area contributed by atoms with Crippen LogP contribution in [0, 0.1) is 5.82 Å². The molecule has 1 aliphatic rings. The monoisotopic (exact) mass is 315 g/mol. The fourth-order valence-corrected chi connectivity index (χ4v) is 4.17. The van der Waals surface area contributed by atoms with Gasteiger partial charge in [-0.1, -0.05) is 26.0 Å². The van der Waals surface area contributed by atoms with Gasteiger partial charge in [-0.15, -0.1) is 0 Å². The van der Waals surface area contributed by atoms with E-state index in [0.29, 0.717) is 19.4 Å². The maximum atomic E-state index is 13.7. The third-order valence-electron chi connectivity index (χ3n) is 4.23. The molecule has 1 saturated heterocycles. The van der Waals surface area contributed by atoms with Gasteiger partial charge < -0.3 is 4.74 Å². The zero-order valence-electron chi connectivity index (χ0n) is 12.4. The van der Waals surface area contributed by atoms with Gasteiger partial charge >= 0.3 is 0 Å². The van der Waals surface area contributed by atoms with Gasteiger partial charge in [0.05, 0.1) is 5.60 Å². The van der Waals surface area contributed by atoms with Gasteiger partial charge in [0.15, 0.2) is 0 Å². The molecule has 1 heterocycles. The smallest absolute Gasteiger partial charge is 0.243 e. The average Bonchev–Trinajstić information content (AvgIpc) is 2.47. The van der Waals surface area contributed by atoms with E-state index in [9.17, 15) is 12.8 Å². The molecular formula is C15H22FNO3S. The van der Waals surface area contributed by atoms with E-state index in [1.54, 1.807) is 0 Å². The van der Waals surface area contributed by atoms with Crippen LogP contribution in [-0.4, -0.2) is 26.7 Å². The molecule has 1 aromatic rings. The number of halogens is 1.